The number of carbonyl (C=O) groups is 1. The lowest BCUT2D eigenvalue weighted by Crippen LogP contribution is -2.18. The fourth-order valence-corrected chi connectivity index (χ4v) is 3.67. The van der Waals surface area contributed by atoms with Crippen LogP contribution in [-0.4, -0.2) is 18.7 Å². The molecule has 3 rings (SSSR count). The van der Waals surface area contributed by atoms with Crippen molar-refractivity contribution in [3.05, 3.63) is 51.2 Å². The van der Waals surface area contributed by atoms with Gasteiger partial charge in [0, 0.05) is 4.88 Å². The zero-order valence-electron chi connectivity index (χ0n) is 12.7. The molecule has 0 fully saturated rings. The Morgan fingerprint density at radius 1 is 1.27 bits per heavy atom. The van der Waals surface area contributed by atoms with Crippen molar-refractivity contribution in [3.63, 3.8) is 0 Å². The number of amides is 1. The minimum Gasteiger partial charge on any atom is -0.497 e. The minimum atomic E-state index is -0.132. The summed E-state index contributed by atoms with van der Waals surface area (Å²) in [7, 11) is 1.63. The quantitative estimate of drug-likeness (QED) is 0.694. The van der Waals surface area contributed by atoms with Gasteiger partial charge in [0.2, 0.25) is 0 Å². The van der Waals surface area contributed by atoms with Crippen LogP contribution in [0.1, 0.15) is 39.0 Å². The third kappa shape index (κ3) is 3.04. The van der Waals surface area contributed by atoms with Crippen LogP contribution in [0.2, 0.25) is 0 Å². The monoisotopic (exact) mass is 314 g/mol. The highest BCUT2D eigenvalue weighted by Gasteiger charge is 2.18. The summed E-state index contributed by atoms with van der Waals surface area (Å²) in [5.41, 5.74) is 5.69. The summed E-state index contributed by atoms with van der Waals surface area (Å²) < 4.78 is 5.13. The van der Waals surface area contributed by atoms with Gasteiger partial charge in [-0.3, -0.25) is 4.79 Å². The number of hydrazone groups is 1. The van der Waals surface area contributed by atoms with Gasteiger partial charge in [0.25, 0.3) is 5.91 Å². The largest absolute Gasteiger partial charge is 0.497 e. The Hall–Kier alpha value is -2.14. The molecule has 5 heteroatoms. The fourth-order valence-electron chi connectivity index (χ4n) is 2.53. The molecule has 0 atom stereocenters. The van der Waals surface area contributed by atoms with Gasteiger partial charge < -0.3 is 4.74 Å². The molecule has 1 aromatic carbocycles. The first-order chi connectivity index (χ1) is 10.7. The van der Waals surface area contributed by atoms with Crippen molar-refractivity contribution in [1.82, 2.24) is 5.43 Å². The van der Waals surface area contributed by atoms with E-state index in [1.165, 1.54) is 16.9 Å². The molecule has 0 saturated carbocycles. The number of aryl methyl sites for hydroxylation is 2. The molecule has 1 heterocycles. The van der Waals surface area contributed by atoms with Crippen molar-refractivity contribution in [2.45, 2.75) is 26.2 Å². The second-order valence-corrected chi connectivity index (χ2v) is 6.42. The second-order valence-electron chi connectivity index (χ2n) is 5.28. The molecule has 4 nitrogen and oxygen atoms in total. The molecule has 0 spiro atoms. The zero-order valence-corrected chi connectivity index (χ0v) is 13.5. The van der Waals surface area contributed by atoms with E-state index in [0.717, 1.165) is 34.7 Å². The van der Waals surface area contributed by atoms with Crippen molar-refractivity contribution in [2.24, 2.45) is 5.10 Å². The van der Waals surface area contributed by atoms with Gasteiger partial charge in [-0.05, 0) is 67.6 Å². The van der Waals surface area contributed by atoms with Crippen LogP contribution in [0.3, 0.4) is 0 Å². The number of benzene rings is 1. The van der Waals surface area contributed by atoms with Gasteiger partial charge in [-0.25, -0.2) is 5.43 Å². The summed E-state index contributed by atoms with van der Waals surface area (Å²) in [6.45, 7) is 1.87. The Labute approximate surface area is 133 Å². The average Bonchev–Trinajstić information content (AvgIpc) is 3.14. The van der Waals surface area contributed by atoms with Gasteiger partial charge in [-0.2, -0.15) is 5.10 Å². The van der Waals surface area contributed by atoms with Crippen LogP contribution in [0.25, 0.3) is 0 Å². The average molecular weight is 314 g/mol. The lowest BCUT2D eigenvalue weighted by atomic mass is 10.1. The van der Waals surface area contributed by atoms with Gasteiger partial charge in [0.15, 0.2) is 0 Å². The Balaban J connectivity index is 1.67. The van der Waals surface area contributed by atoms with Gasteiger partial charge in [0.1, 0.15) is 5.75 Å². The molecule has 2 aromatic rings. The van der Waals surface area contributed by atoms with E-state index in [0.29, 0.717) is 0 Å². The normalized spacial score (nSPS) is 13.8. The van der Waals surface area contributed by atoms with Crippen LogP contribution in [-0.2, 0) is 12.8 Å². The van der Waals surface area contributed by atoms with Crippen LogP contribution >= 0.6 is 11.3 Å². The SMILES string of the molecule is COc1ccc(/C(C)=N\NC(=O)c2cc3c(s2)CCC3)cc1. The predicted molar refractivity (Wildman–Crippen MR) is 89.0 cm³/mol. The molecule has 0 radical (unpaired) electrons. The highest BCUT2D eigenvalue weighted by Crippen LogP contribution is 2.30. The molecule has 114 valence electrons. The zero-order chi connectivity index (χ0) is 15.5. The van der Waals surface area contributed by atoms with Crippen molar-refractivity contribution in [2.75, 3.05) is 7.11 Å². The van der Waals surface area contributed by atoms with Crippen LogP contribution in [0, 0.1) is 0 Å². The van der Waals surface area contributed by atoms with Crippen LogP contribution in [0.15, 0.2) is 35.4 Å². The number of hydrogen-bond donors (Lipinski definition) is 1. The summed E-state index contributed by atoms with van der Waals surface area (Å²) in [6, 6.07) is 9.59. The number of hydrogen-bond acceptors (Lipinski definition) is 4. The number of nitrogens with one attached hydrogen (secondary N) is 1. The molecule has 1 aliphatic carbocycles. The summed E-state index contributed by atoms with van der Waals surface area (Å²) in [5.74, 6) is 0.668. The van der Waals surface area contributed by atoms with E-state index in [9.17, 15) is 4.79 Å². The molecule has 0 aliphatic heterocycles. The van der Waals surface area contributed by atoms with Gasteiger partial charge in [-0.15, -0.1) is 11.3 Å². The van der Waals surface area contributed by atoms with Crippen molar-refractivity contribution < 1.29 is 9.53 Å². The maximum Gasteiger partial charge on any atom is 0.281 e. The summed E-state index contributed by atoms with van der Waals surface area (Å²) in [6.07, 6.45) is 3.40. The van der Waals surface area contributed by atoms with E-state index >= 15 is 0 Å². The van der Waals surface area contributed by atoms with Crippen LogP contribution in [0.4, 0.5) is 0 Å². The Morgan fingerprint density at radius 3 is 2.73 bits per heavy atom. The molecular formula is C17H18N2O2S. The molecule has 0 bridgehead atoms. The van der Waals surface area contributed by atoms with Crippen molar-refractivity contribution >= 4 is 23.0 Å². The second kappa shape index (κ2) is 6.32. The molecule has 1 aliphatic rings. The van der Waals surface area contributed by atoms with Gasteiger partial charge >= 0.3 is 0 Å². The summed E-state index contributed by atoms with van der Waals surface area (Å²) >= 11 is 1.58. The number of fused-ring (bicyclic) bond motifs is 1. The highest BCUT2D eigenvalue weighted by molar-refractivity contribution is 7.14. The number of methoxy groups -OCH3 is 1. The third-order valence-corrected chi connectivity index (χ3v) is 5.04. The lowest BCUT2D eigenvalue weighted by Gasteiger charge is -2.03. The van der Waals surface area contributed by atoms with E-state index in [1.807, 2.05) is 37.3 Å². The molecule has 1 amide bonds. The highest BCUT2D eigenvalue weighted by atomic mass is 32.1. The first-order valence-electron chi connectivity index (χ1n) is 7.28. The fraction of sp³-hybridized carbons (Fsp3) is 0.294. The molecular weight excluding hydrogens is 296 g/mol. The molecule has 1 aromatic heterocycles. The van der Waals surface area contributed by atoms with Gasteiger partial charge in [-0.1, -0.05) is 0 Å². The summed E-state index contributed by atoms with van der Waals surface area (Å²) in [4.78, 5) is 14.3. The predicted octanol–water partition coefficient (Wildman–Crippen LogP) is 3.40. The van der Waals surface area contributed by atoms with E-state index in [1.54, 1.807) is 18.4 Å². The number of rotatable bonds is 4. The number of nitrogens with zero attached hydrogens (tertiary/aromatic N) is 1. The maximum absolute atomic E-state index is 12.2. The number of ether oxygens (including phenoxy) is 1. The smallest absolute Gasteiger partial charge is 0.281 e. The summed E-state index contributed by atoms with van der Waals surface area (Å²) in [5, 5.41) is 4.19. The number of thiophene rings is 1. The molecule has 0 saturated heterocycles. The Morgan fingerprint density at radius 2 is 2.05 bits per heavy atom. The number of carbonyl (C=O) groups excluding carboxylic acids is 1. The molecule has 1 N–H and O–H groups in total. The molecule has 22 heavy (non-hydrogen) atoms. The minimum absolute atomic E-state index is 0.132. The van der Waals surface area contributed by atoms with Crippen LogP contribution < -0.4 is 10.2 Å². The van der Waals surface area contributed by atoms with E-state index in [2.05, 4.69) is 10.5 Å². The molecule has 0 unspecified atom stereocenters. The third-order valence-electron chi connectivity index (χ3n) is 3.80. The Bertz CT molecular complexity index is 695. The maximum atomic E-state index is 12.2. The van der Waals surface area contributed by atoms with Crippen molar-refractivity contribution in [3.8, 4) is 5.75 Å². The van der Waals surface area contributed by atoms with Crippen LogP contribution in [0.5, 0.6) is 5.75 Å². The van der Waals surface area contributed by atoms with E-state index in [-0.39, 0.29) is 5.91 Å². The topological polar surface area (TPSA) is 50.7 Å². The Kier molecular flexibility index (Phi) is 4.24. The van der Waals surface area contributed by atoms with Crippen molar-refractivity contribution in [1.29, 1.82) is 0 Å². The first-order valence-corrected chi connectivity index (χ1v) is 8.09. The first kappa shape index (κ1) is 14.8. The van der Waals surface area contributed by atoms with Gasteiger partial charge in [0.05, 0.1) is 17.7 Å². The lowest BCUT2D eigenvalue weighted by molar-refractivity contribution is 0.0959. The standard InChI is InChI=1S/C17H18N2O2S/c1-11(12-6-8-14(21-2)9-7-12)18-19-17(20)16-10-13-4-3-5-15(13)22-16/h6-10H,3-5H2,1-2H3,(H,19,20)/b18-11-. The van der Waals surface area contributed by atoms with E-state index in [4.69, 9.17) is 4.74 Å². The van der Waals surface area contributed by atoms with E-state index < -0.39 is 0 Å².